The van der Waals surface area contributed by atoms with E-state index in [1.165, 1.54) is 5.56 Å². The molecule has 2 saturated carbocycles. The van der Waals surface area contributed by atoms with Crippen LogP contribution in [0, 0.1) is 30.1 Å². The van der Waals surface area contributed by atoms with E-state index < -0.39 is 0 Å². The third-order valence-electron chi connectivity index (χ3n) is 5.48. The van der Waals surface area contributed by atoms with Gasteiger partial charge in [-0.15, -0.1) is 0 Å². The topological polar surface area (TPSA) is 17.1 Å². The quantitative estimate of drug-likeness (QED) is 0.552. The number of hydrogen-bond acceptors (Lipinski definition) is 1. The van der Waals surface area contributed by atoms with Gasteiger partial charge in [0.2, 0.25) is 0 Å². The molecule has 1 aromatic carbocycles. The fourth-order valence-electron chi connectivity index (χ4n) is 3.64. The van der Waals surface area contributed by atoms with E-state index in [2.05, 4.69) is 64.5 Å². The van der Waals surface area contributed by atoms with Crippen molar-refractivity contribution in [1.82, 2.24) is 0 Å². The van der Waals surface area contributed by atoms with Gasteiger partial charge < -0.3 is 6.42 Å². The van der Waals surface area contributed by atoms with Gasteiger partial charge in [0.25, 0.3) is 0 Å². The molecule has 0 aliphatic heterocycles. The summed E-state index contributed by atoms with van der Waals surface area (Å²) < 4.78 is 0. The number of aryl methyl sites for hydroxylation is 1. The van der Waals surface area contributed by atoms with Crippen LogP contribution in [0.3, 0.4) is 0 Å². The van der Waals surface area contributed by atoms with Gasteiger partial charge in [-0.1, -0.05) is 56.0 Å². The Balaban J connectivity index is 0.00000147. The molecule has 1 radical (unpaired) electrons. The van der Waals surface area contributed by atoms with Gasteiger partial charge in [0.05, 0.1) is 0 Å². The van der Waals surface area contributed by atoms with Crippen LogP contribution in [-0.4, -0.2) is 5.78 Å². The molecule has 0 spiro atoms. The molecule has 1 aromatic rings. The standard InChI is InChI=1S/C18H21O.Y/c1-12-5-7-13(8-6-12)11-14-15-9-10-18(4,16(14)19)17(15,2)3;/h5-8,10-11,15H,9H2,1-4H3;/q-1;/b14-11-;. The molecule has 1 nitrogen and oxygen atoms in total. The van der Waals surface area contributed by atoms with Crippen molar-refractivity contribution in [2.24, 2.45) is 16.7 Å². The Hall–Kier alpha value is -0.266. The van der Waals surface area contributed by atoms with Crippen LogP contribution in [-0.2, 0) is 37.5 Å². The van der Waals surface area contributed by atoms with Gasteiger partial charge in [0.15, 0.2) is 0 Å². The molecule has 2 fully saturated rings. The van der Waals surface area contributed by atoms with Gasteiger partial charge >= 0.3 is 0 Å². The van der Waals surface area contributed by atoms with E-state index in [1.807, 2.05) is 0 Å². The van der Waals surface area contributed by atoms with Crippen LogP contribution in [0.2, 0.25) is 0 Å². The number of rotatable bonds is 1. The second-order valence-corrected chi connectivity index (χ2v) is 6.76. The van der Waals surface area contributed by atoms with Crippen LogP contribution in [0.1, 0.15) is 38.3 Å². The fraction of sp³-hybridized carbons (Fsp3) is 0.444. The average Bonchev–Trinajstić information content (AvgIpc) is 2.66. The van der Waals surface area contributed by atoms with Crippen LogP contribution in [0.25, 0.3) is 6.08 Å². The molecule has 103 valence electrons. The molecule has 0 N–H and O–H groups in total. The Kier molecular flexibility index (Phi) is 4.17. The van der Waals surface area contributed by atoms with Crippen LogP contribution >= 0.6 is 0 Å². The van der Waals surface area contributed by atoms with Crippen molar-refractivity contribution < 1.29 is 37.5 Å². The molecule has 2 aliphatic rings. The molecule has 2 heteroatoms. The van der Waals surface area contributed by atoms with E-state index in [0.717, 1.165) is 17.6 Å². The maximum absolute atomic E-state index is 12.7. The molecule has 0 saturated heterocycles. The summed E-state index contributed by atoms with van der Waals surface area (Å²) in [5.41, 5.74) is 3.20. The minimum absolute atomic E-state index is 0. The summed E-state index contributed by atoms with van der Waals surface area (Å²) in [5, 5.41) is 0. The molecule has 0 amide bonds. The van der Waals surface area contributed by atoms with E-state index in [1.54, 1.807) is 0 Å². The van der Waals surface area contributed by atoms with Crippen molar-refractivity contribution in [3.8, 4) is 0 Å². The van der Waals surface area contributed by atoms with E-state index in [4.69, 9.17) is 0 Å². The maximum atomic E-state index is 12.7. The molecule has 3 rings (SSSR count). The van der Waals surface area contributed by atoms with E-state index >= 15 is 0 Å². The predicted octanol–water partition coefficient (Wildman–Crippen LogP) is 4.22. The Morgan fingerprint density at radius 3 is 2.30 bits per heavy atom. The molecular weight excluding hydrogens is 321 g/mol. The number of fused-ring (bicyclic) bond motifs is 2. The van der Waals surface area contributed by atoms with Crippen LogP contribution in [0.15, 0.2) is 29.8 Å². The Bertz CT molecular complexity index is 568. The predicted molar refractivity (Wildman–Crippen MR) is 78.5 cm³/mol. The molecule has 20 heavy (non-hydrogen) atoms. The second-order valence-electron chi connectivity index (χ2n) is 6.76. The van der Waals surface area contributed by atoms with Gasteiger partial charge in [0, 0.05) is 32.7 Å². The smallest absolute Gasteiger partial charge is 0.135 e. The second kappa shape index (κ2) is 5.18. The van der Waals surface area contributed by atoms with Crippen LogP contribution in [0.4, 0.5) is 0 Å². The average molecular weight is 342 g/mol. The number of hydrogen-bond donors (Lipinski definition) is 0. The minimum atomic E-state index is -0.270. The zero-order valence-electron chi connectivity index (χ0n) is 12.7. The summed E-state index contributed by atoms with van der Waals surface area (Å²) in [6, 6.07) is 8.40. The zero-order chi connectivity index (χ0) is 13.8. The number of ketones is 1. The van der Waals surface area contributed by atoms with Gasteiger partial charge in [0.1, 0.15) is 5.78 Å². The summed E-state index contributed by atoms with van der Waals surface area (Å²) in [7, 11) is 0. The largest absolute Gasteiger partial charge is 0.314 e. The van der Waals surface area contributed by atoms with Crippen molar-refractivity contribution >= 4 is 11.9 Å². The minimum Gasteiger partial charge on any atom is -0.314 e. The SMILES string of the molecule is Cc1ccc(/C=C2\C(=O)C3(C)[CH-]CC2C3(C)C)cc1.[Y]. The number of allylic oxidation sites excluding steroid dienone is 1. The first-order valence-electron chi connectivity index (χ1n) is 7.04. The van der Waals surface area contributed by atoms with Crippen molar-refractivity contribution in [2.45, 2.75) is 34.1 Å². The van der Waals surface area contributed by atoms with E-state index in [0.29, 0.717) is 11.7 Å². The van der Waals surface area contributed by atoms with Gasteiger partial charge in [-0.05, 0) is 35.5 Å². The van der Waals surface area contributed by atoms with Gasteiger partial charge in [-0.2, -0.15) is 6.42 Å². The number of carbonyl (C=O) groups is 1. The Labute approximate surface area is 147 Å². The van der Waals surface area contributed by atoms with Crippen molar-refractivity contribution in [3.05, 3.63) is 47.4 Å². The maximum Gasteiger partial charge on any atom is 0.135 e. The Morgan fingerprint density at radius 2 is 1.80 bits per heavy atom. The monoisotopic (exact) mass is 342 g/mol. The summed E-state index contributed by atoms with van der Waals surface area (Å²) in [6.45, 7) is 8.65. The van der Waals surface area contributed by atoms with Gasteiger partial charge in [-0.3, -0.25) is 4.79 Å². The first-order chi connectivity index (χ1) is 8.86. The molecular formula is C18H21OY-. The first kappa shape index (κ1) is 16.1. The third-order valence-corrected chi connectivity index (χ3v) is 5.48. The molecule has 2 bridgehead atoms. The number of carbonyl (C=O) groups excluding carboxylic acids is 1. The van der Waals surface area contributed by atoms with Crippen molar-refractivity contribution in [3.63, 3.8) is 0 Å². The third kappa shape index (κ3) is 2.09. The summed E-state index contributed by atoms with van der Waals surface area (Å²) in [5.74, 6) is 0.709. The fourth-order valence-corrected chi connectivity index (χ4v) is 3.64. The van der Waals surface area contributed by atoms with Crippen LogP contribution < -0.4 is 0 Å². The Morgan fingerprint density at radius 1 is 1.20 bits per heavy atom. The molecule has 2 unspecified atom stereocenters. The summed E-state index contributed by atoms with van der Waals surface area (Å²) >= 11 is 0. The van der Waals surface area contributed by atoms with Gasteiger partial charge in [-0.25, -0.2) is 0 Å². The molecule has 0 aromatic heterocycles. The van der Waals surface area contributed by atoms with Crippen LogP contribution in [0.5, 0.6) is 0 Å². The first-order valence-corrected chi connectivity index (χ1v) is 7.04. The summed E-state index contributed by atoms with van der Waals surface area (Å²) in [6.07, 6.45) is 5.37. The number of benzene rings is 1. The van der Waals surface area contributed by atoms with Crippen molar-refractivity contribution in [1.29, 1.82) is 0 Å². The molecule has 2 atom stereocenters. The van der Waals surface area contributed by atoms with E-state index in [9.17, 15) is 4.79 Å². The zero-order valence-corrected chi connectivity index (χ0v) is 15.6. The van der Waals surface area contributed by atoms with Crippen molar-refractivity contribution in [2.75, 3.05) is 0 Å². The number of Topliss-reactive ketones (excluding diaryl/α,β-unsaturated/α-hetero) is 1. The molecule has 2 aliphatic carbocycles. The molecule has 0 heterocycles. The normalized spacial score (nSPS) is 32.5. The summed E-state index contributed by atoms with van der Waals surface area (Å²) in [4.78, 5) is 12.7. The van der Waals surface area contributed by atoms with E-state index in [-0.39, 0.29) is 43.5 Å².